The number of unbranched alkanes of at least 4 members (excludes halogenated alkanes) is 1. The Balaban J connectivity index is 2.16. The summed E-state index contributed by atoms with van der Waals surface area (Å²) in [7, 11) is 0. The molecule has 0 bridgehead atoms. The van der Waals surface area contributed by atoms with Gasteiger partial charge in [-0.1, -0.05) is 38.0 Å². The number of aryl methyl sites for hydroxylation is 1. The van der Waals surface area contributed by atoms with E-state index in [-0.39, 0.29) is 11.9 Å². The first-order valence-electron chi connectivity index (χ1n) is 7.16. The number of amides is 1. The third-order valence-electron chi connectivity index (χ3n) is 3.58. The Morgan fingerprint density at radius 2 is 2.15 bits per heavy atom. The van der Waals surface area contributed by atoms with Crippen LogP contribution in [0, 0.1) is 6.92 Å². The molecular formula is C16H22N2O2. The number of furan rings is 1. The van der Waals surface area contributed by atoms with Crippen molar-refractivity contribution >= 4 is 16.9 Å². The van der Waals surface area contributed by atoms with Crippen LogP contribution in [0.2, 0.25) is 0 Å². The zero-order valence-electron chi connectivity index (χ0n) is 12.1. The molecule has 0 aliphatic carbocycles. The zero-order valence-corrected chi connectivity index (χ0v) is 12.1. The number of carbonyl (C=O) groups is 1. The van der Waals surface area contributed by atoms with Gasteiger partial charge in [0.2, 0.25) is 0 Å². The first-order chi connectivity index (χ1) is 9.67. The molecule has 4 nitrogen and oxygen atoms in total. The summed E-state index contributed by atoms with van der Waals surface area (Å²) in [4.78, 5) is 12.3. The highest BCUT2D eigenvalue weighted by molar-refractivity contribution is 5.99. The topological polar surface area (TPSA) is 68.3 Å². The molecule has 1 heterocycles. The van der Waals surface area contributed by atoms with Gasteiger partial charge in [-0.2, -0.15) is 0 Å². The molecule has 0 radical (unpaired) electrons. The van der Waals surface area contributed by atoms with E-state index in [9.17, 15) is 4.79 Å². The molecule has 1 atom stereocenters. The van der Waals surface area contributed by atoms with Crippen molar-refractivity contribution < 1.29 is 9.21 Å². The van der Waals surface area contributed by atoms with Crippen LogP contribution in [-0.2, 0) is 0 Å². The van der Waals surface area contributed by atoms with Crippen LogP contribution < -0.4 is 11.1 Å². The average molecular weight is 274 g/mol. The molecule has 1 unspecified atom stereocenters. The molecule has 0 aliphatic heterocycles. The van der Waals surface area contributed by atoms with Gasteiger partial charge in [-0.3, -0.25) is 4.79 Å². The van der Waals surface area contributed by atoms with E-state index in [1.54, 1.807) is 0 Å². The first-order valence-corrected chi connectivity index (χ1v) is 7.16. The predicted molar refractivity (Wildman–Crippen MR) is 80.8 cm³/mol. The maximum Gasteiger partial charge on any atom is 0.287 e. The number of hydrogen-bond donors (Lipinski definition) is 2. The van der Waals surface area contributed by atoms with Crippen LogP contribution in [0.4, 0.5) is 0 Å². The van der Waals surface area contributed by atoms with Gasteiger partial charge in [0.1, 0.15) is 5.58 Å². The lowest BCUT2D eigenvalue weighted by Crippen LogP contribution is -2.40. The van der Waals surface area contributed by atoms with E-state index < -0.39 is 0 Å². The summed E-state index contributed by atoms with van der Waals surface area (Å²) in [5, 5.41) is 3.94. The fourth-order valence-electron chi connectivity index (χ4n) is 2.34. The van der Waals surface area contributed by atoms with E-state index in [2.05, 4.69) is 12.2 Å². The Kier molecular flexibility index (Phi) is 4.79. The highest BCUT2D eigenvalue weighted by Crippen LogP contribution is 2.24. The number of fused-ring (bicyclic) bond motifs is 1. The SMILES string of the molecule is CCCCC(CN)NC(=O)c1oc2ccccc2c1C. The summed E-state index contributed by atoms with van der Waals surface area (Å²) in [6.45, 7) is 4.48. The summed E-state index contributed by atoms with van der Waals surface area (Å²) < 4.78 is 5.66. The van der Waals surface area contributed by atoms with E-state index in [1.807, 2.05) is 31.2 Å². The molecule has 0 fully saturated rings. The van der Waals surface area contributed by atoms with Crippen LogP contribution in [0.3, 0.4) is 0 Å². The maximum absolute atomic E-state index is 12.3. The molecular weight excluding hydrogens is 252 g/mol. The molecule has 108 valence electrons. The third-order valence-corrected chi connectivity index (χ3v) is 3.58. The summed E-state index contributed by atoms with van der Waals surface area (Å²) in [5.74, 6) is 0.214. The molecule has 2 aromatic rings. The van der Waals surface area contributed by atoms with Gasteiger partial charge in [0.25, 0.3) is 5.91 Å². The minimum atomic E-state index is -0.176. The number of nitrogens with two attached hydrogens (primary N) is 1. The van der Waals surface area contributed by atoms with Crippen molar-refractivity contribution in [3.8, 4) is 0 Å². The molecule has 1 aromatic carbocycles. The van der Waals surface area contributed by atoms with Crippen LogP contribution in [0.25, 0.3) is 11.0 Å². The Hall–Kier alpha value is -1.81. The zero-order chi connectivity index (χ0) is 14.5. The minimum absolute atomic E-state index is 0.00932. The monoisotopic (exact) mass is 274 g/mol. The molecule has 0 saturated heterocycles. The lowest BCUT2D eigenvalue weighted by atomic mass is 10.1. The van der Waals surface area contributed by atoms with Crippen LogP contribution in [0.15, 0.2) is 28.7 Å². The van der Waals surface area contributed by atoms with Crippen molar-refractivity contribution in [2.24, 2.45) is 5.73 Å². The largest absolute Gasteiger partial charge is 0.451 e. The number of para-hydroxylation sites is 1. The number of rotatable bonds is 6. The summed E-state index contributed by atoms with van der Waals surface area (Å²) in [6, 6.07) is 7.68. The van der Waals surface area contributed by atoms with E-state index in [0.29, 0.717) is 12.3 Å². The third kappa shape index (κ3) is 3.02. The molecule has 2 rings (SSSR count). The fourth-order valence-corrected chi connectivity index (χ4v) is 2.34. The summed E-state index contributed by atoms with van der Waals surface area (Å²) in [5.41, 5.74) is 7.33. The Morgan fingerprint density at radius 1 is 1.40 bits per heavy atom. The average Bonchev–Trinajstić information content (AvgIpc) is 2.81. The number of hydrogen-bond acceptors (Lipinski definition) is 3. The maximum atomic E-state index is 12.3. The smallest absolute Gasteiger partial charge is 0.287 e. The van der Waals surface area contributed by atoms with Gasteiger partial charge in [-0.15, -0.1) is 0 Å². The highest BCUT2D eigenvalue weighted by atomic mass is 16.3. The van der Waals surface area contributed by atoms with E-state index >= 15 is 0 Å². The van der Waals surface area contributed by atoms with Crippen molar-refractivity contribution in [1.29, 1.82) is 0 Å². The molecule has 0 aliphatic rings. The van der Waals surface area contributed by atoms with Gasteiger partial charge in [0, 0.05) is 23.5 Å². The van der Waals surface area contributed by atoms with Crippen LogP contribution in [0.5, 0.6) is 0 Å². The molecule has 1 aromatic heterocycles. The first kappa shape index (κ1) is 14.6. The Labute approximate surface area is 119 Å². The Bertz CT molecular complexity index is 589. The van der Waals surface area contributed by atoms with Gasteiger partial charge in [0.15, 0.2) is 5.76 Å². The minimum Gasteiger partial charge on any atom is -0.451 e. The lowest BCUT2D eigenvalue weighted by molar-refractivity contribution is 0.0909. The standard InChI is InChI=1S/C16H22N2O2/c1-3-4-7-12(10-17)18-16(19)15-11(2)13-8-5-6-9-14(13)20-15/h5-6,8-9,12H,3-4,7,10,17H2,1-2H3,(H,18,19). The lowest BCUT2D eigenvalue weighted by Gasteiger charge is -2.15. The second-order valence-corrected chi connectivity index (χ2v) is 5.10. The second-order valence-electron chi connectivity index (χ2n) is 5.10. The summed E-state index contributed by atoms with van der Waals surface area (Å²) in [6.07, 6.45) is 3.05. The molecule has 0 spiro atoms. The van der Waals surface area contributed by atoms with Crippen LogP contribution in [-0.4, -0.2) is 18.5 Å². The van der Waals surface area contributed by atoms with Gasteiger partial charge < -0.3 is 15.5 Å². The summed E-state index contributed by atoms with van der Waals surface area (Å²) >= 11 is 0. The van der Waals surface area contributed by atoms with Gasteiger partial charge >= 0.3 is 0 Å². The van der Waals surface area contributed by atoms with E-state index in [0.717, 1.165) is 35.8 Å². The quantitative estimate of drug-likeness (QED) is 0.851. The van der Waals surface area contributed by atoms with E-state index in [4.69, 9.17) is 10.2 Å². The van der Waals surface area contributed by atoms with Crippen molar-refractivity contribution in [2.45, 2.75) is 39.2 Å². The highest BCUT2D eigenvalue weighted by Gasteiger charge is 2.19. The van der Waals surface area contributed by atoms with Crippen LogP contribution in [0.1, 0.15) is 42.3 Å². The van der Waals surface area contributed by atoms with Crippen molar-refractivity contribution in [2.75, 3.05) is 6.54 Å². The van der Waals surface area contributed by atoms with Gasteiger partial charge in [0.05, 0.1) is 0 Å². The van der Waals surface area contributed by atoms with Crippen LogP contribution >= 0.6 is 0 Å². The normalized spacial score (nSPS) is 12.6. The van der Waals surface area contributed by atoms with Crippen molar-refractivity contribution in [3.63, 3.8) is 0 Å². The molecule has 0 saturated carbocycles. The Morgan fingerprint density at radius 3 is 2.80 bits per heavy atom. The molecule has 1 amide bonds. The van der Waals surface area contributed by atoms with Crippen molar-refractivity contribution in [1.82, 2.24) is 5.32 Å². The fraction of sp³-hybridized carbons (Fsp3) is 0.438. The molecule has 4 heteroatoms. The molecule has 20 heavy (non-hydrogen) atoms. The van der Waals surface area contributed by atoms with Crippen molar-refractivity contribution in [3.05, 3.63) is 35.6 Å². The predicted octanol–water partition coefficient (Wildman–Crippen LogP) is 2.99. The number of carbonyl (C=O) groups excluding carboxylic acids is 1. The second kappa shape index (κ2) is 6.57. The number of nitrogens with one attached hydrogen (secondary N) is 1. The van der Waals surface area contributed by atoms with E-state index in [1.165, 1.54) is 0 Å². The molecule has 3 N–H and O–H groups in total. The number of benzene rings is 1. The van der Waals surface area contributed by atoms with Gasteiger partial charge in [-0.25, -0.2) is 0 Å². The van der Waals surface area contributed by atoms with Gasteiger partial charge in [-0.05, 0) is 19.4 Å².